The fourth-order valence-electron chi connectivity index (χ4n) is 2.70. The van der Waals surface area contributed by atoms with E-state index in [-0.39, 0.29) is 24.6 Å². The lowest BCUT2D eigenvalue weighted by Crippen LogP contribution is -2.35. The molecule has 8 heteroatoms. The Kier molecular flexibility index (Phi) is 6.76. The van der Waals surface area contributed by atoms with Gasteiger partial charge in [-0.2, -0.15) is 0 Å². The van der Waals surface area contributed by atoms with Gasteiger partial charge in [0.25, 0.3) is 0 Å². The van der Waals surface area contributed by atoms with Crippen LogP contribution in [0.5, 0.6) is 11.5 Å². The van der Waals surface area contributed by atoms with E-state index in [9.17, 15) is 14.0 Å². The number of amides is 2. The molecule has 3 rings (SSSR count). The number of benzene rings is 2. The summed E-state index contributed by atoms with van der Waals surface area (Å²) in [6, 6.07) is 11.1. The summed E-state index contributed by atoms with van der Waals surface area (Å²) in [7, 11) is 0. The lowest BCUT2D eigenvalue weighted by Gasteiger charge is -2.22. The molecule has 0 bridgehead atoms. The van der Waals surface area contributed by atoms with Gasteiger partial charge in [0.15, 0.2) is 11.5 Å². The third-order valence-corrected chi connectivity index (χ3v) is 5.08. The number of anilines is 1. The van der Waals surface area contributed by atoms with Crippen LogP contribution < -0.4 is 20.1 Å². The second-order valence-corrected chi connectivity index (χ2v) is 7.23. The predicted molar refractivity (Wildman–Crippen MR) is 105 cm³/mol. The Labute approximate surface area is 166 Å². The highest BCUT2D eigenvalue weighted by atomic mass is 32.2. The fraction of sp³-hybridized carbons (Fsp3) is 0.300. The third kappa shape index (κ3) is 5.39. The fourth-order valence-corrected chi connectivity index (χ4v) is 3.50. The molecule has 28 heavy (non-hydrogen) atoms. The van der Waals surface area contributed by atoms with E-state index >= 15 is 0 Å². The number of rotatable bonds is 7. The Morgan fingerprint density at radius 2 is 1.79 bits per heavy atom. The van der Waals surface area contributed by atoms with E-state index < -0.39 is 11.7 Å². The van der Waals surface area contributed by atoms with Gasteiger partial charge in [-0.15, -0.1) is 11.8 Å². The van der Waals surface area contributed by atoms with E-state index in [1.807, 2.05) is 18.2 Å². The average Bonchev–Trinajstić information content (AvgIpc) is 2.92. The van der Waals surface area contributed by atoms with Crippen LogP contribution >= 0.6 is 11.8 Å². The van der Waals surface area contributed by atoms with Gasteiger partial charge < -0.3 is 20.1 Å². The van der Waals surface area contributed by atoms with Gasteiger partial charge in [0, 0.05) is 30.0 Å². The number of thioether (sulfide) groups is 1. The van der Waals surface area contributed by atoms with Gasteiger partial charge in [0.2, 0.25) is 11.8 Å². The highest BCUT2D eigenvalue weighted by molar-refractivity contribution is 8.00. The zero-order chi connectivity index (χ0) is 19.9. The van der Waals surface area contributed by atoms with Gasteiger partial charge in [-0.25, -0.2) is 4.39 Å². The van der Waals surface area contributed by atoms with E-state index in [0.717, 1.165) is 11.3 Å². The molecule has 2 N–H and O–H groups in total. The molecular weight excluding hydrogens is 383 g/mol. The number of nitrogens with zero attached hydrogens (tertiary/aromatic N) is 1. The number of carbonyl (C=O) groups excluding carboxylic acids is 2. The first kappa shape index (κ1) is 20.0. The molecule has 1 heterocycles. The number of halogens is 1. The third-order valence-electron chi connectivity index (χ3n) is 4.10. The molecule has 6 nitrogen and oxygen atoms in total. The van der Waals surface area contributed by atoms with Crippen LogP contribution in [-0.4, -0.2) is 37.3 Å². The molecule has 0 saturated heterocycles. The Morgan fingerprint density at radius 1 is 1.07 bits per heavy atom. The Morgan fingerprint density at radius 3 is 2.50 bits per heavy atom. The van der Waals surface area contributed by atoms with Crippen molar-refractivity contribution in [1.82, 2.24) is 0 Å². The van der Waals surface area contributed by atoms with E-state index in [4.69, 9.17) is 15.2 Å². The minimum Gasteiger partial charge on any atom is -0.490 e. The first-order valence-electron chi connectivity index (χ1n) is 8.89. The van der Waals surface area contributed by atoms with E-state index in [1.54, 1.807) is 0 Å². The number of carbonyl (C=O) groups is 2. The number of fused-ring (bicyclic) bond motifs is 1. The van der Waals surface area contributed by atoms with Gasteiger partial charge in [-0.1, -0.05) is 0 Å². The van der Waals surface area contributed by atoms with Gasteiger partial charge >= 0.3 is 0 Å². The second kappa shape index (κ2) is 9.45. The minimum absolute atomic E-state index is 0.0256. The standard InChI is InChI=1S/C20H21FN2O4S/c21-14-2-4-15(5-3-14)23(9-8-19(22)24)20(25)13-28-16-6-7-17-18(12-16)27-11-1-10-26-17/h2-7,12H,1,8-11,13H2,(H2,22,24). The zero-order valence-corrected chi connectivity index (χ0v) is 16.0. The largest absolute Gasteiger partial charge is 0.490 e. The quantitative estimate of drug-likeness (QED) is 0.718. The van der Waals surface area contributed by atoms with Crippen LogP contribution in [0.25, 0.3) is 0 Å². The molecule has 0 radical (unpaired) electrons. The van der Waals surface area contributed by atoms with Crippen LogP contribution in [0.4, 0.5) is 10.1 Å². The molecule has 0 aromatic heterocycles. The number of primary amides is 1. The van der Waals surface area contributed by atoms with Crippen molar-refractivity contribution in [3.63, 3.8) is 0 Å². The lowest BCUT2D eigenvalue weighted by atomic mass is 10.2. The first-order valence-corrected chi connectivity index (χ1v) is 9.88. The van der Waals surface area contributed by atoms with Gasteiger partial charge in [-0.05, 0) is 42.5 Å². The molecule has 0 atom stereocenters. The maximum absolute atomic E-state index is 13.2. The van der Waals surface area contributed by atoms with Crippen LogP contribution in [-0.2, 0) is 9.59 Å². The summed E-state index contributed by atoms with van der Waals surface area (Å²) in [6.07, 6.45) is 0.847. The maximum Gasteiger partial charge on any atom is 0.237 e. The van der Waals surface area contributed by atoms with Crippen LogP contribution in [0.15, 0.2) is 47.4 Å². The molecule has 2 amide bonds. The van der Waals surface area contributed by atoms with Crippen LogP contribution in [0.1, 0.15) is 12.8 Å². The molecule has 1 aliphatic heterocycles. The van der Waals surface area contributed by atoms with Crippen LogP contribution in [0.3, 0.4) is 0 Å². The predicted octanol–water partition coefficient (Wildman–Crippen LogP) is 2.99. The van der Waals surface area contributed by atoms with Gasteiger partial charge in [0.05, 0.1) is 19.0 Å². The van der Waals surface area contributed by atoms with Crippen molar-refractivity contribution in [2.75, 3.05) is 30.4 Å². The maximum atomic E-state index is 13.2. The number of nitrogens with two attached hydrogens (primary N) is 1. The highest BCUT2D eigenvalue weighted by Crippen LogP contribution is 2.34. The molecule has 0 unspecified atom stereocenters. The molecule has 0 spiro atoms. The summed E-state index contributed by atoms with van der Waals surface area (Å²) < 4.78 is 24.5. The molecular formula is C20H21FN2O4S. The molecule has 0 fully saturated rings. The first-order chi connectivity index (χ1) is 13.5. The number of ether oxygens (including phenoxy) is 2. The van der Waals surface area contributed by atoms with Crippen molar-refractivity contribution < 1.29 is 23.5 Å². The van der Waals surface area contributed by atoms with E-state index in [2.05, 4.69) is 0 Å². The molecule has 2 aromatic rings. The molecule has 2 aromatic carbocycles. The summed E-state index contributed by atoms with van der Waals surface area (Å²) in [5.41, 5.74) is 5.74. The van der Waals surface area contributed by atoms with Crippen molar-refractivity contribution in [2.24, 2.45) is 5.73 Å². The van der Waals surface area contributed by atoms with Crippen LogP contribution in [0, 0.1) is 5.82 Å². The zero-order valence-electron chi connectivity index (χ0n) is 15.2. The summed E-state index contributed by atoms with van der Waals surface area (Å²) in [6.45, 7) is 1.34. The molecule has 148 valence electrons. The number of hydrogen-bond acceptors (Lipinski definition) is 5. The normalized spacial score (nSPS) is 12.9. The summed E-state index contributed by atoms with van der Waals surface area (Å²) >= 11 is 1.35. The highest BCUT2D eigenvalue weighted by Gasteiger charge is 2.18. The van der Waals surface area contributed by atoms with Crippen molar-refractivity contribution in [2.45, 2.75) is 17.7 Å². The minimum atomic E-state index is -0.504. The Balaban J connectivity index is 1.68. The summed E-state index contributed by atoms with van der Waals surface area (Å²) in [5, 5.41) is 0. The molecule has 0 aliphatic carbocycles. The van der Waals surface area contributed by atoms with Gasteiger partial charge in [0.1, 0.15) is 5.82 Å². The lowest BCUT2D eigenvalue weighted by molar-refractivity contribution is -0.118. The van der Waals surface area contributed by atoms with Gasteiger partial charge in [-0.3, -0.25) is 9.59 Å². The SMILES string of the molecule is NC(=O)CCN(C(=O)CSc1ccc2c(c1)OCCCO2)c1ccc(F)cc1. The molecule has 1 aliphatic rings. The van der Waals surface area contributed by atoms with Crippen molar-refractivity contribution in [1.29, 1.82) is 0 Å². The second-order valence-electron chi connectivity index (χ2n) is 6.19. The van der Waals surface area contributed by atoms with E-state index in [0.29, 0.717) is 30.4 Å². The monoisotopic (exact) mass is 404 g/mol. The summed E-state index contributed by atoms with van der Waals surface area (Å²) in [5.74, 6) is 0.408. The van der Waals surface area contributed by atoms with Crippen molar-refractivity contribution in [3.05, 3.63) is 48.3 Å². The smallest absolute Gasteiger partial charge is 0.237 e. The summed E-state index contributed by atoms with van der Waals surface area (Å²) in [4.78, 5) is 26.2. The topological polar surface area (TPSA) is 81.9 Å². The van der Waals surface area contributed by atoms with E-state index in [1.165, 1.54) is 40.9 Å². The Bertz CT molecular complexity index is 845. The Hall–Kier alpha value is -2.74. The van der Waals surface area contributed by atoms with Crippen LogP contribution in [0.2, 0.25) is 0 Å². The van der Waals surface area contributed by atoms with Crippen molar-refractivity contribution in [3.8, 4) is 11.5 Å². The van der Waals surface area contributed by atoms with Crippen molar-refractivity contribution >= 4 is 29.3 Å². The molecule has 0 saturated carbocycles. The average molecular weight is 404 g/mol. The number of hydrogen-bond donors (Lipinski definition) is 1.